The average Bonchev–Trinajstić information content (AvgIpc) is 2.41. The van der Waals surface area contributed by atoms with Crippen LogP contribution in [0.2, 0.25) is 0 Å². The van der Waals surface area contributed by atoms with Crippen molar-refractivity contribution in [3.8, 4) is 0 Å². The number of halogens is 1. The highest BCUT2D eigenvalue weighted by Crippen LogP contribution is 2.18. The fourth-order valence-corrected chi connectivity index (χ4v) is 3.06. The van der Waals surface area contributed by atoms with Crippen LogP contribution >= 0.6 is 22.6 Å². The van der Waals surface area contributed by atoms with Crippen LogP contribution in [0.1, 0.15) is 12.5 Å². The number of alkyl halides is 1. The van der Waals surface area contributed by atoms with Gasteiger partial charge in [-0.3, -0.25) is 0 Å². The number of hydrogen-bond acceptors (Lipinski definition) is 0. The van der Waals surface area contributed by atoms with Crippen molar-refractivity contribution >= 4 is 45.5 Å². The van der Waals surface area contributed by atoms with E-state index < -0.39 is 0 Å². The molecule has 0 heterocycles. The molecule has 0 nitrogen and oxygen atoms in total. The zero-order valence-corrected chi connectivity index (χ0v) is 13.4. The van der Waals surface area contributed by atoms with Crippen molar-refractivity contribution in [1.29, 1.82) is 0 Å². The molecule has 1 heteroatoms. The largest absolute Gasteiger partial charge is 0.0774 e. The van der Waals surface area contributed by atoms with Gasteiger partial charge < -0.3 is 0 Å². The molecule has 0 saturated heterocycles. The van der Waals surface area contributed by atoms with Crippen LogP contribution in [0, 0.1) is 12.8 Å². The summed E-state index contributed by atoms with van der Waals surface area (Å²) >= 11 is 2.52. The molecular weight excluding hydrogens is 343 g/mol. The monoisotopic (exact) mass is 360 g/mol. The summed E-state index contributed by atoms with van der Waals surface area (Å²) < 4.78 is 0.536. The zero-order chi connectivity index (χ0) is 13.4. The topological polar surface area (TPSA) is 0 Å². The summed E-state index contributed by atoms with van der Waals surface area (Å²) in [4.78, 5) is 0. The molecular formula is C18H17I. The van der Waals surface area contributed by atoms with Gasteiger partial charge in [0.05, 0.1) is 0 Å². The quantitative estimate of drug-likeness (QED) is 0.496. The molecule has 1 aliphatic carbocycles. The van der Waals surface area contributed by atoms with Crippen molar-refractivity contribution in [2.45, 2.75) is 17.8 Å². The van der Waals surface area contributed by atoms with Gasteiger partial charge in [0.2, 0.25) is 0 Å². The maximum absolute atomic E-state index is 2.52. The number of rotatable bonds is 0. The minimum Gasteiger partial charge on any atom is -0.0774 e. The second-order valence-electron chi connectivity index (χ2n) is 5.30. The molecule has 0 saturated carbocycles. The fourth-order valence-electron chi connectivity index (χ4n) is 2.61. The first-order chi connectivity index (χ1) is 9.15. The predicted octanol–water partition coefficient (Wildman–Crippen LogP) is 3.72. The average molecular weight is 360 g/mol. The SMILES string of the molecule is Cc1cc/c2c3c/c(ccc13)=C\C=C/C(I)C(C)/C=2. The molecule has 2 aromatic carbocycles. The van der Waals surface area contributed by atoms with E-state index in [1.165, 1.54) is 26.8 Å². The molecule has 0 N–H and O–H groups in total. The minimum absolute atomic E-state index is 0.536. The van der Waals surface area contributed by atoms with E-state index in [9.17, 15) is 0 Å². The van der Waals surface area contributed by atoms with Gasteiger partial charge in [-0.25, -0.2) is 0 Å². The molecule has 3 rings (SSSR count). The number of benzene rings is 2. The first-order valence-electron chi connectivity index (χ1n) is 6.69. The Morgan fingerprint density at radius 3 is 2.74 bits per heavy atom. The van der Waals surface area contributed by atoms with Crippen molar-refractivity contribution in [3.05, 3.63) is 58.5 Å². The van der Waals surface area contributed by atoms with Crippen LogP contribution in [0.25, 0.3) is 22.9 Å². The lowest BCUT2D eigenvalue weighted by Crippen LogP contribution is -2.14. The molecule has 2 bridgehead atoms. The first kappa shape index (κ1) is 12.9. The van der Waals surface area contributed by atoms with E-state index in [0.29, 0.717) is 9.84 Å². The molecule has 96 valence electrons. The summed E-state index contributed by atoms with van der Waals surface area (Å²) in [6.45, 7) is 4.48. The molecule has 2 unspecified atom stereocenters. The maximum atomic E-state index is 2.52. The third-order valence-electron chi connectivity index (χ3n) is 3.82. The molecule has 0 aromatic heterocycles. The van der Waals surface area contributed by atoms with Gasteiger partial charge in [-0.1, -0.05) is 78.1 Å². The minimum atomic E-state index is 0.536. The van der Waals surface area contributed by atoms with Crippen LogP contribution in [-0.4, -0.2) is 3.92 Å². The van der Waals surface area contributed by atoms with E-state index in [0.717, 1.165) is 0 Å². The highest BCUT2D eigenvalue weighted by molar-refractivity contribution is 14.1. The van der Waals surface area contributed by atoms with Crippen LogP contribution in [0.15, 0.2) is 42.5 Å². The molecule has 19 heavy (non-hydrogen) atoms. The van der Waals surface area contributed by atoms with Gasteiger partial charge in [0, 0.05) is 3.92 Å². The third-order valence-corrected chi connectivity index (χ3v) is 5.37. The Hall–Kier alpha value is -1.09. The Bertz CT molecular complexity index is 768. The lowest BCUT2D eigenvalue weighted by atomic mass is 9.98. The lowest BCUT2D eigenvalue weighted by molar-refractivity contribution is 0.825. The maximum Gasteiger partial charge on any atom is 0.0352 e. The van der Waals surface area contributed by atoms with Gasteiger partial charge in [0.15, 0.2) is 0 Å². The van der Waals surface area contributed by atoms with E-state index in [4.69, 9.17) is 0 Å². The summed E-state index contributed by atoms with van der Waals surface area (Å²) in [5, 5.41) is 5.38. The van der Waals surface area contributed by atoms with Gasteiger partial charge >= 0.3 is 0 Å². The number of aryl methyl sites for hydroxylation is 1. The standard InChI is InChI=1S/C18H17I/c1-12-6-8-15-10-13(2)18(19)5-3-4-14-7-9-16(12)17(15)11-14/h3-11,13,18H,1-2H3/b5-3-,14-4-,15-10+. The van der Waals surface area contributed by atoms with Crippen LogP contribution < -0.4 is 10.4 Å². The van der Waals surface area contributed by atoms with Crippen molar-refractivity contribution in [3.63, 3.8) is 0 Å². The van der Waals surface area contributed by atoms with E-state index >= 15 is 0 Å². The Labute approximate surface area is 127 Å². The predicted molar refractivity (Wildman–Crippen MR) is 93.0 cm³/mol. The fraction of sp³-hybridized carbons (Fsp3) is 0.222. The van der Waals surface area contributed by atoms with E-state index in [1.807, 2.05) is 0 Å². The Morgan fingerprint density at radius 1 is 1.05 bits per heavy atom. The zero-order valence-electron chi connectivity index (χ0n) is 11.2. The first-order valence-corrected chi connectivity index (χ1v) is 7.93. The second-order valence-corrected chi connectivity index (χ2v) is 6.74. The highest BCUT2D eigenvalue weighted by Gasteiger charge is 2.08. The highest BCUT2D eigenvalue weighted by atomic mass is 127. The summed E-state index contributed by atoms with van der Waals surface area (Å²) in [6, 6.07) is 11.2. The van der Waals surface area contributed by atoms with Crippen LogP contribution in [0.4, 0.5) is 0 Å². The number of allylic oxidation sites excluding steroid dienone is 2. The van der Waals surface area contributed by atoms with E-state index in [-0.39, 0.29) is 0 Å². The van der Waals surface area contributed by atoms with Crippen LogP contribution in [0.3, 0.4) is 0 Å². The summed E-state index contributed by atoms with van der Waals surface area (Å²) in [6.07, 6.45) is 9.07. The van der Waals surface area contributed by atoms with Crippen LogP contribution in [-0.2, 0) is 0 Å². The van der Waals surface area contributed by atoms with E-state index in [1.54, 1.807) is 0 Å². The summed E-state index contributed by atoms with van der Waals surface area (Å²) in [5.74, 6) is 0.540. The molecule has 2 aromatic rings. The van der Waals surface area contributed by atoms with Gasteiger partial charge in [0.1, 0.15) is 0 Å². The van der Waals surface area contributed by atoms with Crippen LogP contribution in [0.5, 0.6) is 0 Å². The van der Waals surface area contributed by atoms with E-state index in [2.05, 4.69) is 91.1 Å². The summed E-state index contributed by atoms with van der Waals surface area (Å²) in [5.41, 5.74) is 1.35. The number of fused-ring (bicyclic) bond motifs is 1. The third kappa shape index (κ3) is 2.48. The van der Waals surface area contributed by atoms with Crippen molar-refractivity contribution in [1.82, 2.24) is 0 Å². The smallest absolute Gasteiger partial charge is 0.0352 e. The van der Waals surface area contributed by atoms with Crippen molar-refractivity contribution in [2.75, 3.05) is 0 Å². The molecule has 0 aliphatic heterocycles. The Kier molecular flexibility index (Phi) is 3.48. The molecule has 1 aliphatic rings. The molecule has 0 fully saturated rings. The van der Waals surface area contributed by atoms with Gasteiger partial charge in [0.25, 0.3) is 0 Å². The molecule has 0 radical (unpaired) electrons. The number of hydrogen-bond donors (Lipinski definition) is 0. The Balaban J connectivity index is 2.45. The molecule has 2 atom stereocenters. The van der Waals surface area contributed by atoms with Crippen molar-refractivity contribution < 1.29 is 0 Å². The lowest BCUT2D eigenvalue weighted by Gasteiger charge is -2.12. The molecule has 0 amide bonds. The van der Waals surface area contributed by atoms with Gasteiger partial charge in [-0.05, 0) is 45.7 Å². The van der Waals surface area contributed by atoms with Gasteiger partial charge in [-0.2, -0.15) is 0 Å². The van der Waals surface area contributed by atoms with Gasteiger partial charge in [-0.15, -0.1) is 0 Å². The van der Waals surface area contributed by atoms with Crippen molar-refractivity contribution in [2.24, 2.45) is 5.92 Å². The summed E-state index contributed by atoms with van der Waals surface area (Å²) in [7, 11) is 0. The second kappa shape index (κ2) is 5.12. The Morgan fingerprint density at radius 2 is 1.89 bits per heavy atom. The normalized spacial score (nSPS) is 27.3. The molecule has 0 spiro atoms.